The van der Waals surface area contributed by atoms with Gasteiger partial charge in [-0.1, -0.05) is 37.1 Å². The fourth-order valence-corrected chi connectivity index (χ4v) is 3.85. The maximum Gasteiger partial charge on any atom is 0.274 e. The molecule has 154 valence electrons. The second-order valence-electron chi connectivity index (χ2n) is 7.88. The van der Waals surface area contributed by atoms with Gasteiger partial charge in [-0.25, -0.2) is 4.68 Å². The van der Waals surface area contributed by atoms with Gasteiger partial charge < -0.3 is 4.90 Å². The molecule has 1 aromatic heterocycles. The molecule has 3 rings (SSSR count). The lowest BCUT2D eigenvalue weighted by molar-refractivity contribution is 0.0643. The molecule has 1 aromatic carbocycles. The summed E-state index contributed by atoms with van der Waals surface area (Å²) < 4.78 is 1.37. The van der Waals surface area contributed by atoms with Gasteiger partial charge in [0.05, 0.1) is 0 Å². The standard InChI is InChI=1S/C23H29N3O3/c1-4-5-12-26-21(27)9-8-20(24-26)23(29)25-13-10-18(11-14-25)22(28)19-7-6-16(2)15-17(19)3/h6-9,15,18H,4-5,10-14H2,1-3H3. The normalized spacial score (nSPS) is 14.8. The summed E-state index contributed by atoms with van der Waals surface area (Å²) in [4.78, 5) is 39.4. The van der Waals surface area contributed by atoms with Crippen LogP contribution in [0.4, 0.5) is 0 Å². The van der Waals surface area contributed by atoms with Crippen molar-refractivity contribution in [2.45, 2.75) is 53.0 Å². The Hall–Kier alpha value is -2.76. The van der Waals surface area contributed by atoms with Crippen LogP contribution in [0.3, 0.4) is 0 Å². The summed E-state index contributed by atoms with van der Waals surface area (Å²) in [6.07, 6.45) is 3.09. The minimum absolute atomic E-state index is 0.0630. The van der Waals surface area contributed by atoms with Crippen LogP contribution < -0.4 is 5.56 Å². The minimum atomic E-state index is -0.187. The average Bonchev–Trinajstić information content (AvgIpc) is 2.72. The first kappa shape index (κ1) is 21.0. The van der Waals surface area contributed by atoms with E-state index in [1.54, 1.807) is 4.90 Å². The molecule has 29 heavy (non-hydrogen) atoms. The number of ketones is 1. The van der Waals surface area contributed by atoms with Gasteiger partial charge in [0.15, 0.2) is 5.78 Å². The molecule has 0 atom stereocenters. The minimum Gasteiger partial charge on any atom is -0.337 e. The third-order valence-electron chi connectivity index (χ3n) is 5.61. The lowest BCUT2D eigenvalue weighted by atomic mass is 9.87. The molecular formula is C23H29N3O3. The van der Waals surface area contributed by atoms with E-state index in [2.05, 4.69) is 5.10 Å². The Morgan fingerprint density at radius 2 is 1.83 bits per heavy atom. The molecule has 2 aromatic rings. The second-order valence-corrected chi connectivity index (χ2v) is 7.88. The van der Waals surface area contributed by atoms with E-state index in [1.165, 1.54) is 16.8 Å². The van der Waals surface area contributed by atoms with Gasteiger partial charge >= 0.3 is 0 Å². The van der Waals surface area contributed by atoms with Crippen LogP contribution in [0.1, 0.15) is 64.6 Å². The van der Waals surface area contributed by atoms with Crippen LogP contribution in [-0.4, -0.2) is 39.5 Å². The van der Waals surface area contributed by atoms with Crippen molar-refractivity contribution in [3.05, 3.63) is 63.1 Å². The van der Waals surface area contributed by atoms with Gasteiger partial charge in [0.2, 0.25) is 0 Å². The maximum atomic E-state index is 12.9. The number of Topliss-reactive ketones (excluding diaryl/α,β-unsaturated/α-hetero) is 1. The van der Waals surface area contributed by atoms with Crippen molar-refractivity contribution < 1.29 is 9.59 Å². The average molecular weight is 396 g/mol. The van der Waals surface area contributed by atoms with E-state index in [-0.39, 0.29) is 23.2 Å². The quantitative estimate of drug-likeness (QED) is 0.703. The highest BCUT2D eigenvalue weighted by atomic mass is 16.2. The lowest BCUT2D eigenvalue weighted by Crippen LogP contribution is -2.41. The topological polar surface area (TPSA) is 72.3 Å². The highest BCUT2D eigenvalue weighted by molar-refractivity contribution is 5.99. The Balaban J connectivity index is 1.65. The molecule has 0 saturated carbocycles. The number of hydrogen-bond donors (Lipinski definition) is 0. The molecule has 1 amide bonds. The van der Waals surface area contributed by atoms with E-state index in [9.17, 15) is 14.4 Å². The summed E-state index contributed by atoms with van der Waals surface area (Å²) >= 11 is 0. The van der Waals surface area contributed by atoms with Crippen LogP contribution in [0, 0.1) is 19.8 Å². The molecule has 0 bridgehead atoms. The van der Waals surface area contributed by atoms with Crippen LogP contribution >= 0.6 is 0 Å². The number of carbonyl (C=O) groups excluding carboxylic acids is 2. The van der Waals surface area contributed by atoms with Crippen molar-refractivity contribution >= 4 is 11.7 Å². The zero-order valence-corrected chi connectivity index (χ0v) is 17.5. The molecule has 0 radical (unpaired) electrons. The van der Waals surface area contributed by atoms with Crippen LogP contribution in [0.5, 0.6) is 0 Å². The van der Waals surface area contributed by atoms with Crippen LogP contribution in [0.25, 0.3) is 0 Å². The van der Waals surface area contributed by atoms with Gasteiger partial charge in [-0.3, -0.25) is 14.4 Å². The first-order valence-corrected chi connectivity index (χ1v) is 10.4. The summed E-state index contributed by atoms with van der Waals surface area (Å²) in [7, 11) is 0. The van der Waals surface area contributed by atoms with Gasteiger partial charge in [-0.2, -0.15) is 5.10 Å². The molecule has 2 heterocycles. The number of unbranched alkanes of at least 4 members (excludes halogenated alkanes) is 1. The van der Waals surface area contributed by atoms with Crippen molar-refractivity contribution in [2.24, 2.45) is 5.92 Å². The zero-order valence-electron chi connectivity index (χ0n) is 17.5. The summed E-state index contributed by atoms with van der Waals surface area (Å²) in [6, 6.07) is 8.82. The van der Waals surface area contributed by atoms with Gasteiger partial charge in [0.1, 0.15) is 5.69 Å². The SMILES string of the molecule is CCCCn1nc(C(=O)N2CCC(C(=O)c3ccc(C)cc3C)CC2)ccc1=O. The smallest absolute Gasteiger partial charge is 0.274 e. The Kier molecular flexibility index (Phi) is 6.62. The van der Waals surface area contributed by atoms with E-state index in [1.807, 2.05) is 39.0 Å². The first-order chi connectivity index (χ1) is 13.9. The summed E-state index contributed by atoms with van der Waals surface area (Å²) in [5, 5.41) is 4.25. The van der Waals surface area contributed by atoms with E-state index in [0.29, 0.717) is 38.2 Å². The van der Waals surface area contributed by atoms with E-state index in [0.717, 1.165) is 29.5 Å². The van der Waals surface area contributed by atoms with Crippen molar-refractivity contribution in [1.82, 2.24) is 14.7 Å². The van der Waals surface area contributed by atoms with Gasteiger partial charge in [-0.05, 0) is 44.7 Å². The molecular weight excluding hydrogens is 366 g/mol. The number of carbonyl (C=O) groups is 2. The number of rotatable bonds is 6. The number of aromatic nitrogens is 2. The molecule has 1 fully saturated rings. The monoisotopic (exact) mass is 395 g/mol. The van der Waals surface area contributed by atoms with Gasteiger partial charge in [0, 0.05) is 37.2 Å². The highest BCUT2D eigenvalue weighted by Gasteiger charge is 2.29. The Morgan fingerprint density at radius 3 is 2.48 bits per heavy atom. The van der Waals surface area contributed by atoms with Crippen LogP contribution in [0.2, 0.25) is 0 Å². The molecule has 0 aliphatic carbocycles. The number of likely N-dealkylation sites (tertiary alicyclic amines) is 1. The van der Waals surface area contributed by atoms with Crippen molar-refractivity contribution in [1.29, 1.82) is 0 Å². The largest absolute Gasteiger partial charge is 0.337 e. The molecule has 6 nitrogen and oxygen atoms in total. The van der Waals surface area contributed by atoms with Crippen LogP contribution in [0.15, 0.2) is 35.1 Å². The van der Waals surface area contributed by atoms with Crippen molar-refractivity contribution in [3.8, 4) is 0 Å². The molecule has 6 heteroatoms. The number of benzene rings is 1. The molecule has 1 aliphatic rings. The fourth-order valence-electron chi connectivity index (χ4n) is 3.85. The predicted molar refractivity (Wildman–Crippen MR) is 112 cm³/mol. The van der Waals surface area contributed by atoms with Gasteiger partial charge in [0.25, 0.3) is 11.5 Å². The Bertz CT molecular complexity index is 956. The Labute approximate surface area is 171 Å². The number of aryl methyl sites for hydroxylation is 3. The third-order valence-corrected chi connectivity index (χ3v) is 5.61. The van der Waals surface area contributed by atoms with Crippen molar-refractivity contribution in [2.75, 3.05) is 13.1 Å². The predicted octanol–water partition coefficient (Wildman–Crippen LogP) is 3.40. The number of hydrogen-bond acceptors (Lipinski definition) is 4. The van der Waals surface area contributed by atoms with E-state index >= 15 is 0 Å². The number of amides is 1. The van der Waals surface area contributed by atoms with Crippen molar-refractivity contribution in [3.63, 3.8) is 0 Å². The first-order valence-electron chi connectivity index (χ1n) is 10.4. The molecule has 0 N–H and O–H groups in total. The number of piperidine rings is 1. The summed E-state index contributed by atoms with van der Waals surface area (Å²) in [6.45, 7) is 7.60. The fraction of sp³-hybridized carbons (Fsp3) is 0.478. The highest BCUT2D eigenvalue weighted by Crippen LogP contribution is 2.24. The molecule has 0 unspecified atom stereocenters. The zero-order chi connectivity index (χ0) is 21.0. The van der Waals surface area contributed by atoms with Crippen LogP contribution in [-0.2, 0) is 6.54 Å². The molecule has 1 aliphatic heterocycles. The van der Waals surface area contributed by atoms with E-state index < -0.39 is 0 Å². The van der Waals surface area contributed by atoms with Gasteiger partial charge in [-0.15, -0.1) is 0 Å². The lowest BCUT2D eigenvalue weighted by Gasteiger charge is -2.31. The summed E-state index contributed by atoms with van der Waals surface area (Å²) in [5.41, 5.74) is 3.04. The number of nitrogens with zero attached hydrogens (tertiary/aromatic N) is 3. The molecule has 0 spiro atoms. The Morgan fingerprint density at radius 1 is 1.10 bits per heavy atom. The summed E-state index contributed by atoms with van der Waals surface area (Å²) in [5.74, 6) is -0.0690. The maximum absolute atomic E-state index is 12.9. The third kappa shape index (κ3) is 4.81. The second kappa shape index (κ2) is 9.16. The van der Waals surface area contributed by atoms with E-state index in [4.69, 9.17) is 0 Å². The molecule has 1 saturated heterocycles.